The molecular weight excluding hydrogens is 424 g/mol. The number of amides is 1. The average Bonchev–Trinajstić information content (AvgIpc) is 3.20. The maximum absolute atomic E-state index is 13.0. The van der Waals surface area contributed by atoms with Gasteiger partial charge in [0.2, 0.25) is 10.0 Å². The Hall–Kier alpha value is -3.23. The Kier molecular flexibility index (Phi) is 7.27. The second kappa shape index (κ2) is 9.93. The molecule has 0 aliphatic carbocycles. The van der Waals surface area contributed by atoms with Crippen LogP contribution in [0.3, 0.4) is 0 Å². The van der Waals surface area contributed by atoms with Gasteiger partial charge in [-0.2, -0.15) is 5.10 Å². The highest BCUT2D eigenvalue weighted by Gasteiger charge is 2.21. The lowest BCUT2D eigenvalue weighted by Crippen LogP contribution is -2.25. The van der Waals surface area contributed by atoms with Crippen molar-refractivity contribution in [1.29, 1.82) is 0 Å². The molecule has 7 nitrogen and oxygen atoms in total. The average molecular weight is 453 g/mol. The molecule has 3 rings (SSSR count). The van der Waals surface area contributed by atoms with Gasteiger partial charge in [0.25, 0.3) is 5.91 Å². The number of carbonyl (C=O) groups excluding carboxylic acids is 1. The van der Waals surface area contributed by atoms with Crippen LogP contribution in [0.4, 0.5) is 5.69 Å². The van der Waals surface area contributed by atoms with Crippen molar-refractivity contribution in [2.45, 2.75) is 32.4 Å². The summed E-state index contributed by atoms with van der Waals surface area (Å²) in [4.78, 5) is 13.0. The van der Waals surface area contributed by atoms with Gasteiger partial charge in [-0.05, 0) is 42.7 Å². The molecule has 0 aliphatic heterocycles. The van der Waals surface area contributed by atoms with Crippen LogP contribution in [-0.4, -0.2) is 30.7 Å². The van der Waals surface area contributed by atoms with E-state index in [9.17, 15) is 13.2 Å². The van der Waals surface area contributed by atoms with Crippen LogP contribution in [0.1, 0.15) is 46.9 Å². The van der Waals surface area contributed by atoms with E-state index in [1.165, 1.54) is 6.08 Å². The molecule has 8 heteroatoms. The zero-order valence-electron chi connectivity index (χ0n) is 18.5. The molecule has 1 aromatic heterocycles. The number of aromatic nitrogens is 2. The fourth-order valence-corrected chi connectivity index (χ4v) is 4.42. The van der Waals surface area contributed by atoms with Gasteiger partial charge in [-0.15, -0.1) is 6.58 Å². The summed E-state index contributed by atoms with van der Waals surface area (Å²) in [6, 6.07) is 14.7. The molecule has 0 spiro atoms. The molecule has 0 fully saturated rings. The molecular formula is C24H28N4O3S. The number of anilines is 1. The van der Waals surface area contributed by atoms with E-state index in [2.05, 4.69) is 21.7 Å². The quantitative estimate of drug-likeness (QED) is 0.477. The minimum Gasteiger partial charge on any atom is -0.322 e. The monoisotopic (exact) mass is 452 g/mol. The number of nitrogens with zero attached hydrogens (tertiary/aromatic N) is 2. The first-order valence-corrected chi connectivity index (χ1v) is 12.0. The van der Waals surface area contributed by atoms with Crippen molar-refractivity contribution < 1.29 is 13.2 Å². The van der Waals surface area contributed by atoms with Crippen molar-refractivity contribution in [2.75, 3.05) is 11.9 Å². The topological polar surface area (TPSA) is 93.1 Å². The first kappa shape index (κ1) is 23.4. The van der Waals surface area contributed by atoms with Crippen molar-refractivity contribution in [3.8, 4) is 5.69 Å². The number of aryl methyl sites for hydroxylation is 1. The van der Waals surface area contributed by atoms with Crippen LogP contribution in [0.25, 0.3) is 5.69 Å². The standard InChI is InChI=1S/C24H28N4O3S/c1-5-14-26-32(30,31)16-19-8-10-20(11-9-19)27-24(29)22-15-25-28(23(22)17(2)3)21-12-6-18(4)7-13-21/h5-13,15,17,26H,1,14,16H2,2-4H3,(H,27,29). The molecule has 2 aromatic carbocycles. The summed E-state index contributed by atoms with van der Waals surface area (Å²) in [5, 5.41) is 7.34. The van der Waals surface area contributed by atoms with Gasteiger partial charge < -0.3 is 5.32 Å². The summed E-state index contributed by atoms with van der Waals surface area (Å²) in [5.41, 5.74) is 4.57. The first-order chi connectivity index (χ1) is 15.2. The highest BCUT2D eigenvalue weighted by Crippen LogP contribution is 2.24. The second-order valence-electron chi connectivity index (χ2n) is 7.89. The summed E-state index contributed by atoms with van der Waals surface area (Å²) in [7, 11) is -3.44. The van der Waals surface area contributed by atoms with Crippen LogP contribution in [0.2, 0.25) is 0 Å². The van der Waals surface area contributed by atoms with Crippen LogP contribution in [0.15, 0.2) is 67.4 Å². The highest BCUT2D eigenvalue weighted by molar-refractivity contribution is 7.88. The Morgan fingerprint density at radius 2 is 1.78 bits per heavy atom. The maximum Gasteiger partial charge on any atom is 0.259 e. The molecule has 168 valence electrons. The van der Waals surface area contributed by atoms with Crippen molar-refractivity contribution in [1.82, 2.24) is 14.5 Å². The molecule has 0 unspecified atom stereocenters. The summed E-state index contributed by atoms with van der Waals surface area (Å²) in [6.45, 7) is 9.75. The Morgan fingerprint density at radius 1 is 1.12 bits per heavy atom. The summed E-state index contributed by atoms with van der Waals surface area (Å²) in [6.07, 6.45) is 3.07. The van der Waals surface area contributed by atoms with E-state index in [1.54, 1.807) is 35.1 Å². The van der Waals surface area contributed by atoms with E-state index in [0.29, 0.717) is 16.8 Å². The van der Waals surface area contributed by atoms with Gasteiger partial charge in [0, 0.05) is 12.2 Å². The Bertz CT molecular complexity index is 1200. The van der Waals surface area contributed by atoms with E-state index in [0.717, 1.165) is 16.9 Å². The minimum absolute atomic E-state index is 0.0789. The SMILES string of the molecule is C=CCNS(=O)(=O)Cc1ccc(NC(=O)c2cnn(-c3ccc(C)cc3)c2C(C)C)cc1. The Labute approximate surface area is 189 Å². The normalized spacial score (nSPS) is 11.5. The van der Waals surface area contributed by atoms with Gasteiger partial charge in [-0.25, -0.2) is 17.8 Å². The molecule has 1 heterocycles. The van der Waals surface area contributed by atoms with Crippen molar-refractivity contribution >= 4 is 21.6 Å². The van der Waals surface area contributed by atoms with Gasteiger partial charge >= 0.3 is 0 Å². The van der Waals surface area contributed by atoms with Crippen LogP contribution >= 0.6 is 0 Å². The Morgan fingerprint density at radius 3 is 2.38 bits per heavy atom. The molecule has 0 aliphatic rings. The van der Waals surface area contributed by atoms with E-state index in [4.69, 9.17) is 0 Å². The smallest absolute Gasteiger partial charge is 0.259 e. The van der Waals surface area contributed by atoms with Gasteiger partial charge in [-0.3, -0.25) is 4.79 Å². The Balaban J connectivity index is 1.77. The lowest BCUT2D eigenvalue weighted by Gasteiger charge is -2.13. The van der Waals surface area contributed by atoms with Gasteiger partial charge in [0.15, 0.2) is 0 Å². The van der Waals surface area contributed by atoms with E-state index in [1.807, 2.05) is 45.0 Å². The van der Waals surface area contributed by atoms with Gasteiger partial charge in [-0.1, -0.05) is 49.8 Å². The van der Waals surface area contributed by atoms with Crippen molar-refractivity contribution in [2.24, 2.45) is 0 Å². The first-order valence-electron chi connectivity index (χ1n) is 10.3. The minimum atomic E-state index is -3.44. The number of carbonyl (C=O) groups is 1. The molecule has 0 atom stereocenters. The molecule has 1 amide bonds. The number of benzene rings is 2. The molecule has 3 aromatic rings. The van der Waals surface area contributed by atoms with Gasteiger partial charge in [0.1, 0.15) is 0 Å². The third kappa shape index (κ3) is 5.72. The van der Waals surface area contributed by atoms with Crippen LogP contribution < -0.4 is 10.0 Å². The van der Waals surface area contributed by atoms with Gasteiger partial charge in [0.05, 0.1) is 28.9 Å². The van der Waals surface area contributed by atoms with Crippen LogP contribution in [0.5, 0.6) is 0 Å². The molecule has 0 radical (unpaired) electrons. The highest BCUT2D eigenvalue weighted by atomic mass is 32.2. The largest absolute Gasteiger partial charge is 0.322 e. The number of sulfonamides is 1. The third-order valence-electron chi connectivity index (χ3n) is 4.89. The summed E-state index contributed by atoms with van der Waals surface area (Å²) in [5.74, 6) is -0.328. The van der Waals surface area contributed by atoms with Crippen LogP contribution in [0, 0.1) is 6.92 Å². The van der Waals surface area contributed by atoms with E-state index in [-0.39, 0.29) is 24.1 Å². The van der Waals surface area contributed by atoms with E-state index < -0.39 is 10.0 Å². The number of nitrogens with one attached hydrogen (secondary N) is 2. The van der Waals surface area contributed by atoms with E-state index >= 15 is 0 Å². The lowest BCUT2D eigenvalue weighted by atomic mass is 10.0. The second-order valence-corrected chi connectivity index (χ2v) is 9.70. The molecule has 0 saturated heterocycles. The molecule has 2 N–H and O–H groups in total. The predicted molar refractivity (Wildman–Crippen MR) is 128 cm³/mol. The molecule has 0 saturated carbocycles. The predicted octanol–water partition coefficient (Wildman–Crippen LogP) is 4.16. The fraction of sp³-hybridized carbons (Fsp3) is 0.250. The van der Waals surface area contributed by atoms with Crippen LogP contribution in [-0.2, 0) is 15.8 Å². The maximum atomic E-state index is 13.0. The number of hydrogen-bond donors (Lipinski definition) is 2. The lowest BCUT2D eigenvalue weighted by molar-refractivity contribution is 0.102. The number of hydrogen-bond acceptors (Lipinski definition) is 4. The van der Waals surface area contributed by atoms with Crippen molar-refractivity contribution in [3.63, 3.8) is 0 Å². The molecule has 0 bridgehead atoms. The molecule has 32 heavy (non-hydrogen) atoms. The zero-order valence-corrected chi connectivity index (χ0v) is 19.3. The van der Waals surface area contributed by atoms with Crippen molar-refractivity contribution in [3.05, 3.63) is 89.8 Å². The fourth-order valence-electron chi connectivity index (χ4n) is 3.32. The summed E-state index contributed by atoms with van der Waals surface area (Å²) < 4.78 is 28.2. The third-order valence-corrected chi connectivity index (χ3v) is 6.21. The number of rotatable bonds is 9. The summed E-state index contributed by atoms with van der Waals surface area (Å²) >= 11 is 0. The zero-order chi connectivity index (χ0) is 23.3.